The molecular formula is C18H22N4O2S. The highest BCUT2D eigenvalue weighted by Crippen LogP contribution is 2.21. The molecule has 0 aliphatic carbocycles. The molecule has 25 heavy (non-hydrogen) atoms. The van der Waals surface area contributed by atoms with Crippen molar-refractivity contribution in [1.82, 2.24) is 9.88 Å². The molecular weight excluding hydrogens is 336 g/mol. The Balaban J connectivity index is 1.56. The zero-order valence-electron chi connectivity index (χ0n) is 14.7. The first kappa shape index (κ1) is 17.4. The zero-order chi connectivity index (χ0) is 18.0. The first-order valence-electron chi connectivity index (χ1n) is 8.30. The van der Waals surface area contributed by atoms with Crippen molar-refractivity contribution in [3.05, 3.63) is 40.4 Å². The maximum absolute atomic E-state index is 12.4. The quantitative estimate of drug-likeness (QED) is 0.837. The molecule has 1 N–H and O–H groups in total. The molecule has 0 spiro atoms. The summed E-state index contributed by atoms with van der Waals surface area (Å²) in [6.45, 7) is 8.40. The number of carbonyl (C=O) groups excluding carboxylic acids is 2. The molecule has 2 heterocycles. The first-order valence-corrected chi connectivity index (χ1v) is 9.11. The summed E-state index contributed by atoms with van der Waals surface area (Å²) < 4.78 is 0. The van der Waals surface area contributed by atoms with Crippen LogP contribution in [0.5, 0.6) is 0 Å². The predicted molar refractivity (Wildman–Crippen MR) is 100 cm³/mol. The number of nitrogens with one attached hydrogen (secondary N) is 1. The van der Waals surface area contributed by atoms with Gasteiger partial charge in [0.2, 0.25) is 0 Å². The van der Waals surface area contributed by atoms with Crippen LogP contribution >= 0.6 is 11.3 Å². The summed E-state index contributed by atoms with van der Waals surface area (Å²) >= 11 is 1.38. The van der Waals surface area contributed by atoms with E-state index in [0.717, 1.165) is 29.3 Å². The fraction of sp³-hybridized carbons (Fsp3) is 0.389. The van der Waals surface area contributed by atoms with Crippen LogP contribution in [0.1, 0.15) is 16.1 Å². The first-order chi connectivity index (χ1) is 11.9. The summed E-state index contributed by atoms with van der Waals surface area (Å²) in [4.78, 5) is 33.7. The predicted octanol–water partition coefficient (Wildman–Crippen LogP) is 2.36. The van der Waals surface area contributed by atoms with Crippen molar-refractivity contribution in [1.29, 1.82) is 0 Å². The SMILES string of the molecule is Cc1cccc(N2CCN(C(=O)C(=O)Nc3nc(C)c(C)s3)CC2)c1. The summed E-state index contributed by atoms with van der Waals surface area (Å²) in [5, 5.41) is 3.09. The molecule has 6 nitrogen and oxygen atoms in total. The largest absolute Gasteiger partial charge is 0.368 e. The number of aromatic nitrogens is 1. The Morgan fingerprint density at radius 2 is 1.84 bits per heavy atom. The number of thiazole rings is 1. The molecule has 7 heteroatoms. The van der Waals surface area contributed by atoms with E-state index in [1.165, 1.54) is 16.9 Å². The molecule has 1 aromatic carbocycles. The number of hydrogen-bond acceptors (Lipinski definition) is 5. The third kappa shape index (κ3) is 3.99. The second kappa shape index (κ2) is 7.23. The van der Waals surface area contributed by atoms with Crippen LogP contribution in [0.25, 0.3) is 0 Å². The molecule has 3 rings (SSSR count). The Morgan fingerprint density at radius 1 is 1.12 bits per heavy atom. The summed E-state index contributed by atoms with van der Waals surface area (Å²) in [5.74, 6) is -1.10. The highest BCUT2D eigenvalue weighted by molar-refractivity contribution is 7.15. The minimum absolute atomic E-state index is 0.478. The highest BCUT2D eigenvalue weighted by atomic mass is 32.1. The number of benzene rings is 1. The molecule has 0 bridgehead atoms. The van der Waals surface area contributed by atoms with Crippen molar-refractivity contribution in [2.75, 3.05) is 36.4 Å². The van der Waals surface area contributed by atoms with Gasteiger partial charge in [0.25, 0.3) is 0 Å². The third-order valence-corrected chi connectivity index (χ3v) is 5.37. The van der Waals surface area contributed by atoms with Gasteiger partial charge < -0.3 is 9.80 Å². The topological polar surface area (TPSA) is 65.5 Å². The van der Waals surface area contributed by atoms with E-state index in [9.17, 15) is 9.59 Å². The summed E-state index contributed by atoms with van der Waals surface area (Å²) in [7, 11) is 0. The third-order valence-electron chi connectivity index (χ3n) is 4.38. The molecule has 0 atom stereocenters. The van der Waals surface area contributed by atoms with Gasteiger partial charge in [-0.3, -0.25) is 14.9 Å². The molecule has 132 valence electrons. The molecule has 0 saturated carbocycles. The van der Waals surface area contributed by atoms with E-state index in [-0.39, 0.29) is 0 Å². The number of aryl methyl sites for hydroxylation is 3. The van der Waals surface area contributed by atoms with E-state index in [1.54, 1.807) is 4.90 Å². The van der Waals surface area contributed by atoms with Crippen LogP contribution < -0.4 is 10.2 Å². The van der Waals surface area contributed by atoms with Gasteiger partial charge in [-0.2, -0.15) is 0 Å². The minimum atomic E-state index is -0.613. The highest BCUT2D eigenvalue weighted by Gasteiger charge is 2.26. The van der Waals surface area contributed by atoms with Crippen molar-refractivity contribution in [2.24, 2.45) is 0 Å². The number of amides is 2. The van der Waals surface area contributed by atoms with Crippen LogP contribution in [-0.2, 0) is 9.59 Å². The molecule has 2 aromatic rings. The number of rotatable bonds is 2. The van der Waals surface area contributed by atoms with Gasteiger partial charge in [0, 0.05) is 36.7 Å². The van der Waals surface area contributed by atoms with Crippen molar-refractivity contribution >= 4 is 34.0 Å². The van der Waals surface area contributed by atoms with Crippen molar-refractivity contribution in [2.45, 2.75) is 20.8 Å². The summed E-state index contributed by atoms with van der Waals surface area (Å²) in [6, 6.07) is 8.31. The summed E-state index contributed by atoms with van der Waals surface area (Å²) in [6.07, 6.45) is 0. The lowest BCUT2D eigenvalue weighted by Gasteiger charge is -2.35. The molecule has 1 aliphatic rings. The van der Waals surface area contributed by atoms with Crippen LogP contribution in [0.4, 0.5) is 10.8 Å². The number of anilines is 2. The Kier molecular flexibility index (Phi) is 5.03. The van der Waals surface area contributed by atoms with E-state index < -0.39 is 11.8 Å². The Morgan fingerprint density at radius 3 is 2.44 bits per heavy atom. The van der Waals surface area contributed by atoms with Gasteiger partial charge in [-0.1, -0.05) is 12.1 Å². The molecule has 0 unspecified atom stereocenters. The molecule has 1 fully saturated rings. The molecule has 2 amide bonds. The van der Waals surface area contributed by atoms with Crippen molar-refractivity contribution in [3.63, 3.8) is 0 Å². The van der Waals surface area contributed by atoms with Crippen LogP contribution in [-0.4, -0.2) is 47.9 Å². The van der Waals surface area contributed by atoms with Gasteiger partial charge in [-0.25, -0.2) is 4.98 Å². The van der Waals surface area contributed by atoms with Crippen molar-refractivity contribution < 1.29 is 9.59 Å². The van der Waals surface area contributed by atoms with Gasteiger partial charge in [0.15, 0.2) is 5.13 Å². The van der Waals surface area contributed by atoms with E-state index >= 15 is 0 Å². The normalized spacial score (nSPS) is 14.5. The number of carbonyl (C=O) groups is 2. The Bertz CT molecular complexity index is 775. The van der Waals surface area contributed by atoms with Gasteiger partial charge in [0.1, 0.15) is 0 Å². The van der Waals surface area contributed by atoms with Crippen LogP contribution in [0.15, 0.2) is 24.3 Å². The molecule has 0 radical (unpaired) electrons. The van der Waals surface area contributed by atoms with Gasteiger partial charge in [-0.05, 0) is 38.5 Å². The monoisotopic (exact) mass is 358 g/mol. The Labute approximate surface area is 151 Å². The van der Waals surface area contributed by atoms with Crippen molar-refractivity contribution in [3.8, 4) is 0 Å². The number of nitrogens with zero attached hydrogens (tertiary/aromatic N) is 3. The van der Waals surface area contributed by atoms with E-state index in [0.29, 0.717) is 18.2 Å². The average Bonchev–Trinajstić information content (AvgIpc) is 2.91. The Hall–Kier alpha value is -2.41. The van der Waals surface area contributed by atoms with Gasteiger partial charge in [-0.15, -0.1) is 11.3 Å². The lowest BCUT2D eigenvalue weighted by Crippen LogP contribution is -2.51. The van der Waals surface area contributed by atoms with Gasteiger partial charge >= 0.3 is 11.8 Å². The lowest BCUT2D eigenvalue weighted by molar-refractivity contribution is -0.143. The summed E-state index contributed by atoms with van der Waals surface area (Å²) in [5.41, 5.74) is 3.24. The fourth-order valence-corrected chi connectivity index (χ4v) is 3.62. The van der Waals surface area contributed by atoms with E-state index in [2.05, 4.69) is 40.3 Å². The standard InChI is InChI=1S/C18H22N4O2S/c1-12-5-4-6-15(11-12)21-7-9-22(10-8-21)17(24)16(23)20-18-19-13(2)14(3)25-18/h4-6,11H,7-10H2,1-3H3,(H,19,20,23). The van der Waals surface area contributed by atoms with Crippen LogP contribution in [0, 0.1) is 20.8 Å². The minimum Gasteiger partial charge on any atom is -0.368 e. The second-order valence-electron chi connectivity index (χ2n) is 6.23. The maximum Gasteiger partial charge on any atom is 0.315 e. The second-order valence-corrected chi connectivity index (χ2v) is 7.44. The lowest BCUT2D eigenvalue weighted by atomic mass is 10.2. The van der Waals surface area contributed by atoms with E-state index in [4.69, 9.17) is 0 Å². The number of hydrogen-bond donors (Lipinski definition) is 1. The molecule has 1 aliphatic heterocycles. The molecule has 1 aromatic heterocycles. The zero-order valence-corrected chi connectivity index (χ0v) is 15.5. The van der Waals surface area contributed by atoms with Crippen LogP contribution in [0.3, 0.4) is 0 Å². The van der Waals surface area contributed by atoms with Crippen LogP contribution in [0.2, 0.25) is 0 Å². The smallest absolute Gasteiger partial charge is 0.315 e. The van der Waals surface area contributed by atoms with E-state index in [1.807, 2.05) is 19.9 Å². The molecule has 1 saturated heterocycles. The maximum atomic E-state index is 12.4. The number of piperazine rings is 1. The fourth-order valence-electron chi connectivity index (χ4n) is 2.81. The van der Waals surface area contributed by atoms with Gasteiger partial charge in [0.05, 0.1) is 5.69 Å². The average molecular weight is 358 g/mol.